The molecule has 0 bridgehead atoms. The highest BCUT2D eigenvalue weighted by atomic mass is 19.1. The number of hydrogen-bond acceptors (Lipinski definition) is 4. The van der Waals surface area contributed by atoms with E-state index in [1.807, 2.05) is 0 Å². The van der Waals surface area contributed by atoms with Gasteiger partial charge in [-0.3, -0.25) is 0 Å². The Kier molecular flexibility index (Phi) is 3.38. The first-order valence-corrected chi connectivity index (χ1v) is 5.13. The second kappa shape index (κ2) is 4.78. The Balaban J connectivity index is 2.38. The number of nitrogens with two attached hydrogens (primary N) is 1. The van der Waals surface area contributed by atoms with Gasteiger partial charge in [0.1, 0.15) is 11.6 Å². The summed E-state index contributed by atoms with van der Waals surface area (Å²) in [5, 5.41) is 9.83. The molecule has 0 aliphatic carbocycles. The van der Waals surface area contributed by atoms with E-state index in [2.05, 4.69) is 0 Å². The van der Waals surface area contributed by atoms with Crippen molar-refractivity contribution < 1.29 is 19.0 Å². The van der Waals surface area contributed by atoms with Gasteiger partial charge in [0.15, 0.2) is 6.79 Å². The van der Waals surface area contributed by atoms with E-state index in [9.17, 15) is 9.50 Å². The van der Waals surface area contributed by atoms with Crippen LogP contribution in [0.3, 0.4) is 0 Å². The summed E-state index contributed by atoms with van der Waals surface area (Å²) in [5.41, 5.74) is 6.43. The molecule has 0 saturated carbocycles. The maximum Gasteiger partial charge on any atom is 0.189 e. The van der Waals surface area contributed by atoms with Gasteiger partial charge >= 0.3 is 0 Å². The summed E-state index contributed by atoms with van der Waals surface area (Å²) in [4.78, 5) is 0. The van der Waals surface area contributed by atoms with E-state index in [-0.39, 0.29) is 6.79 Å². The standard InChI is InChI=1S/C11H14FNO3/c12-8-3-7-5-15-6-16-11(7)9(4-8)10(14)1-2-13/h3-4,10,14H,1-2,5-6,13H2. The van der Waals surface area contributed by atoms with E-state index in [0.29, 0.717) is 36.4 Å². The molecule has 1 heterocycles. The molecule has 5 heteroatoms. The van der Waals surface area contributed by atoms with Crippen LogP contribution in [-0.2, 0) is 11.3 Å². The van der Waals surface area contributed by atoms with Crippen LogP contribution in [0.15, 0.2) is 12.1 Å². The smallest absolute Gasteiger partial charge is 0.189 e. The fourth-order valence-electron chi connectivity index (χ4n) is 1.77. The summed E-state index contributed by atoms with van der Waals surface area (Å²) in [6.07, 6.45) is -0.423. The van der Waals surface area contributed by atoms with Crippen LogP contribution >= 0.6 is 0 Å². The maximum atomic E-state index is 13.3. The van der Waals surface area contributed by atoms with E-state index >= 15 is 0 Å². The Bertz CT molecular complexity index is 384. The van der Waals surface area contributed by atoms with Crippen molar-refractivity contribution in [3.63, 3.8) is 0 Å². The van der Waals surface area contributed by atoms with Crippen LogP contribution in [0.25, 0.3) is 0 Å². The molecule has 4 nitrogen and oxygen atoms in total. The number of fused-ring (bicyclic) bond motifs is 1. The number of hydrogen-bond donors (Lipinski definition) is 2. The number of rotatable bonds is 3. The Labute approximate surface area is 92.8 Å². The Hall–Kier alpha value is -1.17. The molecule has 88 valence electrons. The summed E-state index contributed by atoms with van der Waals surface area (Å²) in [5.74, 6) is 0.118. The van der Waals surface area contributed by atoms with E-state index < -0.39 is 11.9 Å². The Morgan fingerprint density at radius 2 is 2.31 bits per heavy atom. The molecule has 1 aliphatic heterocycles. The molecule has 0 radical (unpaired) electrons. The largest absolute Gasteiger partial charge is 0.467 e. The lowest BCUT2D eigenvalue weighted by atomic mass is 10.0. The van der Waals surface area contributed by atoms with Crippen molar-refractivity contribution in [2.75, 3.05) is 13.3 Å². The molecule has 3 N–H and O–H groups in total. The van der Waals surface area contributed by atoms with Crippen LogP contribution in [-0.4, -0.2) is 18.4 Å². The van der Waals surface area contributed by atoms with Gasteiger partial charge in [-0.15, -0.1) is 0 Å². The van der Waals surface area contributed by atoms with Gasteiger partial charge in [0.05, 0.1) is 12.7 Å². The van der Waals surface area contributed by atoms with Gasteiger partial charge in [-0.2, -0.15) is 0 Å². The normalized spacial score (nSPS) is 16.4. The monoisotopic (exact) mass is 227 g/mol. The molecule has 1 atom stereocenters. The van der Waals surface area contributed by atoms with Crippen LogP contribution in [0, 0.1) is 5.82 Å². The Morgan fingerprint density at radius 3 is 3.06 bits per heavy atom. The highest BCUT2D eigenvalue weighted by Gasteiger charge is 2.21. The van der Waals surface area contributed by atoms with Gasteiger partial charge in [-0.25, -0.2) is 4.39 Å². The first kappa shape index (κ1) is 11.3. The molecule has 0 spiro atoms. The van der Waals surface area contributed by atoms with Crippen molar-refractivity contribution in [1.29, 1.82) is 0 Å². The number of halogens is 1. The first-order valence-electron chi connectivity index (χ1n) is 5.13. The number of ether oxygens (including phenoxy) is 2. The minimum absolute atomic E-state index is 0.126. The minimum Gasteiger partial charge on any atom is -0.467 e. The Morgan fingerprint density at radius 1 is 1.50 bits per heavy atom. The third-order valence-electron chi connectivity index (χ3n) is 2.50. The van der Waals surface area contributed by atoms with Crippen LogP contribution in [0.5, 0.6) is 5.75 Å². The van der Waals surface area contributed by atoms with Crippen LogP contribution in [0.4, 0.5) is 4.39 Å². The molecule has 0 amide bonds. The zero-order valence-corrected chi connectivity index (χ0v) is 8.78. The lowest BCUT2D eigenvalue weighted by Crippen LogP contribution is -2.16. The summed E-state index contributed by atoms with van der Waals surface area (Å²) in [6.45, 7) is 0.763. The quantitative estimate of drug-likeness (QED) is 0.810. The minimum atomic E-state index is -0.799. The molecule has 2 rings (SSSR count). The van der Waals surface area contributed by atoms with Gasteiger partial charge < -0.3 is 20.3 Å². The first-order chi connectivity index (χ1) is 7.72. The fourth-order valence-corrected chi connectivity index (χ4v) is 1.77. The van der Waals surface area contributed by atoms with Gasteiger partial charge in [-0.1, -0.05) is 0 Å². The van der Waals surface area contributed by atoms with Crippen molar-refractivity contribution in [2.45, 2.75) is 19.1 Å². The van der Waals surface area contributed by atoms with Crippen molar-refractivity contribution in [3.8, 4) is 5.75 Å². The molecule has 0 saturated heterocycles. The van der Waals surface area contributed by atoms with Crippen LogP contribution < -0.4 is 10.5 Å². The summed E-state index contributed by atoms with van der Waals surface area (Å²) >= 11 is 0. The molecule has 0 aromatic heterocycles. The van der Waals surface area contributed by atoms with E-state index in [4.69, 9.17) is 15.2 Å². The van der Waals surface area contributed by atoms with Crippen LogP contribution in [0.1, 0.15) is 23.7 Å². The summed E-state index contributed by atoms with van der Waals surface area (Å²) in [7, 11) is 0. The van der Waals surface area contributed by atoms with Crippen molar-refractivity contribution in [1.82, 2.24) is 0 Å². The highest BCUT2D eigenvalue weighted by molar-refractivity contribution is 5.43. The van der Waals surface area contributed by atoms with Crippen LogP contribution in [0.2, 0.25) is 0 Å². The van der Waals surface area contributed by atoms with Crippen molar-refractivity contribution in [3.05, 3.63) is 29.1 Å². The number of benzene rings is 1. The maximum absolute atomic E-state index is 13.3. The molecule has 1 aliphatic rings. The van der Waals surface area contributed by atoms with E-state index in [1.165, 1.54) is 12.1 Å². The van der Waals surface area contributed by atoms with Gasteiger partial charge in [0, 0.05) is 11.1 Å². The second-order valence-electron chi connectivity index (χ2n) is 3.69. The zero-order valence-electron chi connectivity index (χ0n) is 8.78. The summed E-state index contributed by atoms with van der Waals surface area (Å²) in [6, 6.07) is 2.64. The topological polar surface area (TPSA) is 64.7 Å². The van der Waals surface area contributed by atoms with Gasteiger partial charge in [-0.05, 0) is 25.1 Å². The average Bonchev–Trinajstić information content (AvgIpc) is 2.28. The molecular weight excluding hydrogens is 213 g/mol. The summed E-state index contributed by atoms with van der Waals surface area (Å²) < 4.78 is 23.6. The molecule has 16 heavy (non-hydrogen) atoms. The second-order valence-corrected chi connectivity index (χ2v) is 3.69. The van der Waals surface area contributed by atoms with Gasteiger partial charge in [0.25, 0.3) is 0 Å². The molecular formula is C11H14FNO3. The average molecular weight is 227 g/mol. The predicted octanol–water partition coefficient (Wildman–Crippen LogP) is 1.07. The van der Waals surface area contributed by atoms with Crippen molar-refractivity contribution in [2.24, 2.45) is 5.73 Å². The lowest BCUT2D eigenvalue weighted by molar-refractivity contribution is -0.0189. The predicted molar refractivity (Wildman–Crippen MR) is 55.3 cm³/mol. The highest BCUT2D eigenvalue weighted by Crippen LogP contribution is 2.34. The lowest BCUT2D eigenvalue weighted by Gasteiger charge is -2.22. The molecule has 0 fully saturated rings. The SMILES string of the molecule is NCCC(O)c1cc(F)cc2c1OCOC2. The van der Waals surface area contributed by atoms with Crippen molar-refractivity contribution >= 4 is 0 Å². The van der Waals surface area contributed by atoms with E-state index in [1.54, 1.807) is 0 Å². The third kappa shape index (κ3) is 2.16. The molecule has 1 aromatic rings. The third-order valence-corrected chi connectivity index (χ3v) is 2.50. The fraction of sp³-hybridized carbons (Fsp3) is 0.455. The number of aliphatic hydroxyl groups is 1. The zero-order chi connectivity index (χ0) is 11.5. The van der Waals surface area contributed by atoms with Gasteiger partial charge in [0.2, 0.25) is 0 Å². The van der Waals surface area contributed by atoms with E-state index in [0.717, 1.165) is 0 Å². The molecule has 1 aromatic carbocycles. The number of aliphatic hydroxyl groups excluding tert-OH is 1. The molecule has 1 unspecified atom stereocenters.